The fraction of sp³-hybridized carbons (Fsp3) is 0.500. The second-order valence-electron chi connectivity index (χ2n) is 4.19. The highest BCUT2D eigenvalue weighted by Crippen LogP contribution is 2.08. The predicted octanol–water partition coefficient (Wildman–Crippen LogP) is 1.97. The zero-order valence-electron chi connectivity index (χ0n) is 11.0. The molecule has 0 heterocycles. The van der Waals surface area contributed by atoms with Crippen LogP contribution in [-0.2, 0) is 4.74 Å². The third kappa shape index (κ3) is 5.17. The van der Waals surface area contributed by atoms with Crippen LogP contribution in [0.1, 0.15) is 13.8 Å². The van der Waals surface area contributed by atoms with E-state index in [-0.39, 0.29) is 0 Å². The summed E-state index contributed by atoms with van der Waals surface area (Å²) in [4.78, 5) is 0. The van der Waals surface area contributed by atoms with Crippen molar-refractivity contribution in [1.29, 1.82) is 5.26 Å². The normalized spacial score (nSPS) is 13.6. The summed E-state index contributed by atoms with van der Waals surface area (Å²) >= 11 is 0. The molecule has 98 valence electrons. The lowest BCUT2D eigenvalue weighted by molar-refractivity contribution is 0.0717. The Kier molecular flexibility index (Phi) is 6.20. The van der Waals surface area contributed by atoms with E-state index < -0.39 is 5.54 Å². The van der Waals surface area contributed by atoms with E-state index >= 15 is 0 Å². The highest BCUT2D eigenvalue weighted by molar-refractivity contribution is 5.20. The van der Waals surface area contributed by atoms with Crippen LogP contribution >= 0.6 is 0 Å². The van der Waals surface area contributed by atoms with Gasteiger partial charge in [0.15, 0.2) is 0 Å². The number of benzene rings is 1. The molecule has 0 aromatic heterocycles. The number of nitrogens with one attached hydrogen (secondary N) is 1. The molecule has 0 aliphatic carbocycles. The van der Waals surface area contributed by atoms with E-state index in [9.17, 15) is 0 Å². The zero-order chi connectivity index (χ0) is 13.3. The second kappa shape index (κ2) is 7.70. The van der Waals surface area contributed by atoms with E-state index in [1.54, 1.807) is 0 Å². The molecular weight excluding hydrogens is 228 g/mol. The average molecular weight is 248 g/mol. The SMILES string of the molecule is CCNC(C)(C#N)COCCOc1ccccc1. The molecule has 4 nitrogen and oxygen atoms in total. The maximum atomic E-state index is 9.03. The minimum absolute atomic E-state index is 0.357. The Bertz CT molecular complexity index is 375. The Labute approximate surface area is 109 Å². The molecule has 0 bridgehead atoms. The molecule has 0 saturated heterocycles. The van der Waals surface area contributed by atoms with E-state index in [1.807, 2.05) is 44.2 Å². The van der Waals surface area contributed by atoms with Gasteiger partial charge >= 0.3 is 0 Å². The van der Waals surface area contributed by atoms with Gasteiger partial charge in [0, 0.05) is 0 Å². The quantitative estimate of drug-likeness (QED) is 0.715. The van der Waals surface area contributed by atoms with E-state index in [0.29, 0.717) is 19.8 Å². The summed E-state index contributed by atoms with van der Waals surface area (Å²) in [7, 11) is 0. The number of ether oxygens (including phenoxy) is 2. The topological polar surface area (TPSA) is 54.3 Å². The third-order valence-electron chi connectivity index (χ3n) is 2.44. The Morgan fingerprint density at radius 1 is 1.28 bits per heavy atom. The van der Waals surface area contributed by atoms with Crippen molar-refractivity contribution >= 4 is 0 Å². The highest BCUT2D eigenvalue weighted by atomic mass is 16.5. The predicted molar refractivity (Wildman–Crippen MR) is 70.5 cm³/mol. The molecule has 18 heavy (non-hydrogen) atoms. The van der Waals surface area contributed by atoms with Crippen LogP contribution in [0.4, 0.5) is 0 Å². The van der Waals surface area contributed by atoms with Gasteiger partial charge in [0.2, 0.25) is 0 Å². The number of para-hydroxylation sites is 1. The maximum absolute atomic E-state index is 9.03. The van der Waals surface area contributed by atoms with Crippen LogP contribution in [0.15, 0.2) is 30.3 Å². The summed E-state index contributed by atoms with van der Waals surface area (Å²) in [5, 5.41) is 12.1. The van der Waals surface area contributed by atoms with Crippen molar-refractivity contribution < 1.29 is 9.47 Å². The van der Waals surface area contributed by atoms with Crippen molar-refractivity contribution in [2.75, 3.05) is 26.4 Å². The summed E-state index contributed by atoms with van der Waals surface area (Å²) in [6.45, 7) is 5.85. The van der Waals surface area contributed by atoms with Gasteiger partial charge in [-0.05, 0) is 25.6 Å². The van der Waals surface area contributed by atoms with Crippen molar-refractivity contribution in [3.05, 3.63) is 30.3 Å². The van der Waals surface area contributed by atoms with Crippen molar-refractivity contribution in [2.45, 2.75) is 19.4 Å². The van der Waals surface area contributed by atoms with Crippen molar-refractivity contribution in [3.63, 3.8) is 0 Å². The van der Waals surface area contributed by atoms with Gasteiger partial charge in [-0.3, -0.25) is 5.32 Å². The van der Waals surface area contributed by atoms with Crippen LogP contribution < -0.4 is 10.1 Å². The summed E-state index contributed by atoms with van der Waals surface area (Å²) in [6.07, 6.45) is 0. The number of nitriles is 1. The van der Waals surface area contributed by atoms with E-state index in [4.69, 9.17) is 14.7 Å². The number of hydrogen-bond donors (Lipinski definition) is 1. The Morgan fingerprint density at radius 2 is 2.00 bits per heavy atom. The fourth-order valence-corrected chi connectivity index (χ4v) is 1.52. The average Bonchev–Trinajstić information content (AvgIpc) is 2.40. The van der Waals surface area contributed by atoms with Gasteiger partial charge in [-0.1, -0.05) is 25.1 Å². The number of likely N-dealkylation sites (N-methyl/N-ethyl adjacent to an activating group) is 1. The van der Waals surface area contributed by atoms with Gasteiger partial charge in [0.25, 0.3) is 0 Å². The van der Waals surface area contributed by atoms with Crippen molar-refractivity contribution in [2.24, 2.45) is 0 Å². The molecule has 0 aliphatic heterocycles. The summed E-state index contributed by atoms with van der Waals surface area (Å²) in [5.74, 6) is 0.829. The third-order valence-corrected chi connectivity index (χ3v) is 2.44. The largest absolute Gasteiger partial charge is 0.491 e. The smallest absolute Gasteiger partial charge is 0.127 e. The minimum Gasteiger partial charge on any atom is -0.491 e. The number of rotatable bonds is 8. The molecule has 0 amide bonds. The standard InChI is InChI=1S/C14H20N2O2/c1-3-16-14(2,11-15)12-17-9-10-18-13-7-5-4-6-8-13/h4-8,16H,3,9-10,12H2,1-2H3. The minimum atomic E-state index is -0.624. The fourth-order valence-electron chi connectivity index (χ4n) is 1.52. The van der Waals surface area contributed by atoms with Crippen molar-refractivity contribution in [1.82, 2.24) is 5.32 Å². The molecular formula is C14H20N2O2. The first-order chi connectivity index (χ1) is 8.70. The maximum Gasteiger partial charge on any atom is 0.127 e. The van der Waals surface area contributed by atoms with E-state index in [0.717, 1.165) is 12.3 Å². The Morgan fingerprint density at radius 3 is 2.61 bits per heavy atom. The van der Waals surface area contributed by atoms with Crippen LogP contribution in [0, 0.1) is 11.3 Å². The second-order valence-corrected chi connectivity index (χ2v) is 4.19. The van der Waals surface area contributed by atoms with E-state index in [1.165, 1.54) is 0 Å². The lowest BCUT2D eigenvalue weighted by Gasteiger charge is -2.22. The zero-order valence-corrected chi connectivity index (χ0v) is 11.0. The molecule has 0 fully saturated rings. The molecule has 0 aliphatic rings. The lowest BCUT2D eigenvalue weighted by atomic mass is 10.1. The molecule has 1 rings (SSSR count). The molecule has 0 radical (unpaired) electrons. The Balaban J connectivity index is 2.17. The number of hydrogen-bond acceptors (Lipinski definition) is 4. The van der Waals surface area contributed by atoms with Crippen LogP contribution in [0.2, 0.25) is 0 Å². The van der Waals surface area contributed by atoms with Crippen LogP contribution in [0.5, 0.6) is 5.75 Å². The number of nitrogens with zero attached hydrogens (tertiary/aromatic N) is 1. The van der Waals surface area contributed by atoms with Gasteiger partial charge in [-0.2, -0.15) is 5.26 Å². The van der Waals surface area contributed by atoms with Crippen LogP contribution in [-0.4, -0.2) is 31.9 Å². The van der Waals surface area contributed by atoms with Gasteiger partial charge in [0.05, 0.1) is 19.3 Å². The molecule has 1 aromatic rings. The van der Waals surface area contributed by atoms with Crippen LogP contribution in [0.3, 0.4) is 0 Å². The van der Waals surface area contributed by atoms with Gasteiger partial charge in [-0.25, -0.2) is 0 Å². The monoisotopic (exact) mass is 248 g/mol. The highest BCUT2D eigenvalue weighted by Gasteiger charge is 2.22. The van der Waals surface area contributed by atoms with Gasteiger partial charge in [-0.15, -0.1) is 0 Å². The summed E-state index contributed by atoms with van der Waals surface area (Å²) < 4.78 is 10.9. The molecule has 1 aromatic carbocycles. The van der Waals surface area contributed by atoms with E-state index in [2.05, 4.69) is 11.4 Å². The van der Waals surface area contributed by atoms with Crippen LogP contribution in [0.25, 0.3) is 0 Å². The first kappa shape index (κ1) is 14.5. The van der Waals surface area contributed by atoms with Gasteiger partial charge < -0.3 is 9.47 Å². The van der Waals surface area contributed by atoms with Gasteiger partial charge in [0.1, 0.15) is 17.9 Å². The van der Waals surface area contributed by atoms with Crippen molar-refractivity contribution in [3.8, 4) is 11.8 Å². The molecule has 1 unspecified atom stereocenters. The molecule has 1 atom stereocenters. The lowest BCUT2D eigenvalue weighted by Crippen LogP contribution is -2.45. The molecule has 4 heteroatoms. The Hall–Kier alpha value is -1.57. The first-order valence-corrected chi connectivity index (χ1v) is 6.12. The molecule has 0 spiro atoms. The first-order valence-electron chi connectivity index (χ1n) is 6.12. The molecule has 0 saturated carbocycles. The summed E-state index contributed by atoms with van der Waals surface area (Å²) in [6, 6.07) is 11.8. The summed E-state index contributed by atoms with van der Waals surface area (Å²) in [5.41, 5.74) is -0.624. The molecule has 1 N–H and O–H groups in total.